The van der Waals surface area contributed by atoms with Gasteiger partial charge in [-0.3, -0.25) is 14.9 Å². The molecule has 9 heteroatoms. The molecule has 1 N–H and O–H groups in total. The van der Waals surface area contributed by atoms with Gasteiger partial charge < -0.3 is 14.4 Å². The van der Waals surface area contributed by atoms with Gasteiger partial charge in [-0.05, 0) is 53.0 Å². The number of rotatable bonds is 9. The molecular weight excluding hydrogens is 426 g/mol. The number of nitrogens with one attached hydrogen (secondary N) is 1. The van der Waals surface area contributed by atoms with Crippen LogP contribution in [0.5, 0.6) is 0 Å². The molecule has 1 heterocycles. The van der Waals surface area contributed by atoms with Crippen molar-refractivity contribution in [3.8, 4) is 0 Å². The molecule has 0 bridgehead atoms. The van der Waals surface area contributed by atoms with Crippen molar-refractivity contribution in [2.75, 3.05) is 20.2 Å². The van der Waals surface area contributed by atoms with Crippen molar-refractivity contribution in [2.24, 2.45) is 0 Å². The molecular formula is C24H35N3O6. The summed E-state index contributed by atoms with van der Waals surface area (Å²) in [6, 6.07) is 6.37. The number of imide groups is 1. The van der Waals surface area contributed by atoms with E-state index >= 15 is 0 Å². The Bertz CT molecular complexity index is 852. The van der Waals surface area contributed by atoms with E-state index in [9.17, 15) is 19.2 Å². The Morgan fingerprint density at radius 3 is 2.39 bits per heavy atom. The molecule has 33 heavy (non-hydrogen) atoms. The van der Waals surface area contributed by atoms with Gasteiger partial charge in [-0.15, -0.1) is 0 Å². The van der Waals surface area contributed by atoms with Crippen LogP contribution in [-0.4, -0.2) is 77.6 Å². The second-order valence-electron chi connectivity index (χ2n) is 9.14. The summed E-state index contributed by atoms with van der Waals surface area (Å²) in [5.41, 5.74) is 0.292. The summed E-state index contributed by atoms with van der Waals surface area (Å²) in [7, 11) is 1.52. The summed E-state index contributed by atoms with van der Waals surface area (Å²) in [4.78, 5) is 53.3. The standard InChI is InChI=1S/C24H35N3O6/c1-7-32-21(29)18(14-13-17-11-9-8-10-12-17)25-16(2)20(28)27-19(15-26(6)23(27)31)22(30)33-24(3,4)5/h8-12,16,18-19,25H,7,13-15H2,1-6H3/t16-,18+,19+/m1/s1. The maximum Gasteiger partial charge on any atom is 0.331 e. The molecule has 1 aromatic carbocycles. The second kappa shape index (κ2) is 11.3. The number of carbonyl (C=O) groups is 4. The molecule has 9 nitrogen and oxygen atoms in total. The van der Waals surface area contributed by atoms with Crippen LogP contribution in [0.1, 0.15) is 46.6 Å². The number of nitrogens with zero attached hydrogens (tertiary/aromatic N) is 2. The van der Waals surface area contributed by atoms with Crippen molar-refractivity contribution in [2.45, 2.75) is 71.2 Å². The highest BCUT2D eigenvalue weighted by atomic mass is 16.6. The molecule has 1 fully saturated rings. The molecule has 0 aromatic heterocycles. The molecule has 0 saturated carbocycles. The number of hydrogen-bond acceptors (Lipinski definition) is 7. The maximum absolute atomic E-state index is 13.2. The quantitative estimate of drug-likeness (QED) is 0.562. The van der Waals surface area contributed by atoms with Crippen molar-refractivity contribution in [3.63, 3.8) is 0 Å². The minimum atomic E-state index is -1.05. The Balaban J connectivity index is 2.14. The maximum atomic E-state index is 13.2. The van der Waals surface area contributed by atoms with Crippen LogP contribution in [0.4, 0.5) is 4.79 Å². The molecule has 1 aliphatic rings. The first-order chi connectivity index (χ1) is 15.4. The van der Waals surface area contributed by atoms with Gasteiger partial charge in [0.1, 0.15) is 11.6 Å². The van der Waals surface area contributed by atoms with E-state index in [2.05, 4.69) is 5.32 Å². The van der Waals surface area contributed by atoms with E-state index in [1.54, 1.807) is 34.6 Å². The summed E-state index contributed by atoms with van der Waals surface area (Å²) >= 11 is 0. The average molecular weight is 462 g/mol. The number of benzene rings is 1. The fraction of sp³-hybridized carbons (Fsp3) is 0.583. The van der Waals surface area contributed by atoms with Crippen LogP contribution in [-0.2, 0) is 30.3 Å². The van der Waals surface area contributed by atoms with Gasteiger partial charge in [0.15, 0.2) is 6.04 Å². The Morgan fingerprint density at radius 1 is 1.18 bits per heavy atom. The van der Waals surface area contributed by atoms with E-state index < -0.39 is 47.6 Å². The molecule has 0 aliphatic carbocycles. The summed E-state index contributed by atoms with van der Waals surface area (Å²) in [5, 5.41) is 3.00. The summed E-state index contributed by atoms with van der Waals surface area (Å²) in [5.74, 6) is -1.72. The van der Waals surface area contributed by atoms with Crippen LogP contribution in [0.25, 0.3) is 0 Å². The summed E-state index contributed by atoms with van der Waals surface area (Å²) in [6.07, 6.45) is 1.01. The van der Waals surface area contributed by atoms with Gasteiger partial charge >= 0.3 is 18.0 Å². The summed E-state index contributed by atoms with van der Waals surface area (Å²) < 4.78 is 10.6. The highest BCUT2D eigenvalue weighted by Crippen LogP contribution is 2.20. The van der Waals surface area contributed by atoms with Crippen molar-refractivity contribution < 1.29 is 28.7 Å². The number of ether oxygens (including phenoxy) is 2. The number of carbonyl (C=O) groups excluding carboxylic acids is 4. The van der Waals surface area contributed by atoms with E-state index in [0.717, 1.165) is 10.5 Å². The van der Waals surface area contributed by atoms with Crippen molar-refractivity contribution in [3.05, 3.63) is 35.9 Å². The van der Waals surface area contributed by atoms with Gasteiger partial charge in [0, 0.05) is 7.05 Å². The normalized spacial score (nSPS) is 18.1. The Morgan fingerprint density at radius 2 is 1.82 bits per heavy atom. The second-order valence-corrected chi connectivity index (χ2v) is 9.14. The Labute approximate surface area is 195 Å². The zero-order valence-corrected chi connectivity index (χ0v) is 20.3. The van der Waals surface area contributed by atoms with E-state index in [1.165, 1.54) is 11.9 Å². The Kier molecular flexibility index (Phi) is 8.99. The lowest BCUT2D eigenvalue weighted by molar-refractivity contribution is -0.162. The van der Waals surface area contributed by atoms with Gasteiger partial charge in [0.2, 0.25) is 5.91 Å². The topological polar surface area (TPSA) is 105 Å². The van der Waals surface area contributed by atoms with Gasteiger partial charge in [0.05, 0.1) is 19.2 Å². The minimum Gasteiger partial charge on any atom is -0.465 e. The van der Waals surface area contributed by atoms with E-state index in [4.69, 9.17) is 9.47 Å². The molecule has 1 saturated heterocycles. The third-order valence-corrected chi connectivity index (χ3v) is 5.16. The number of hydrogen-bond donors (Lipinski definition) is 1. The van der Waals surface area contributed by atoms with E-state index in [0.29, 0.717) is 12.8 Å². The van der Waals surface area contributed by atoms with E-state index in [1.807, 2.05) is 30.3 Å². The predicted molar refractivity (Wildman–Crippen MR) is 122 cm³/mol. The first-order valence-corrected chi connectivity index (χ1v) is 11.2. The number of urea groups is 1. The summed E-state index contributed by atoms with van der Waals surface area (Å²) in [6.45, 7) is 8.69. The van der Waals surface area contributed by atoms with Crippen LogP contribution in [0.15, 0.2) is 30.3 Å². The number of aryl methyl sites for hydroxylation is 1. The Hall–Kier alpha value is -2.94. The average Bonchev–Trinajstić information content (AvgIpc) is 3.04. The minimum absolute atomic E-state index is 0.0432. The predicted octanol–water partition coefficient (Wildman–Crippen LogP) is 2.13. The lowest BCUT2D eigenvalue weighted by atomic mass is 10.0. The smallest absolute Gasteiger partial charge is 0.331 e. The first-order valence-electron chi connectivity index (χ1n) is 11.2. The lowest BCUT2D eigenvalue weighted by Crippen LogP contribution is -2.55. The fourth-order valence-electron chi connectivity index (χ4n) is 3.58. The van der Waals surface area contributed by atoms with Crippen LogP contribution >= 0.6 is 0 Å². The fourth-order valence-corrected chi connectivity index (χ4v) is 3.58. The third-order valence-electron chi connectivity index (χ3n) is 5.16. The highest BCUT2D eigenvalue weighted by Gasteiger charge is 2.46. The molecule has 0 spiro atoms. The van der Waals surface area contributed by atoms with Crippen molar-refractivity contribution in [1.29, 1.82) is 0 Å². The van der Waals surface area contributed by atoms with Gasteiger partial charge in [-0.25, -0.2) is 14.5 Å². The molecule has 3 atom stereocenters. The molecule has 182 valence electrons. The van der Waals surface area contributed by atoms with Crippen molar-refractivity contribution >= 4 is 23.9 Å². The van der Waals surface area contributed by atoms with E-state index in [-0.39, 0.29) is 13.2 Å². The number of esters is 2. The van der Waals surface area contributed by atoms with Gasteiger partial charge in [0.25, 0.3) is 0 Å². The zero-order valence-electron chi connectivity index (χ0n) is 20.3. The largest absolute Gasteiger partial charge is 0.465 e. The molecule has 3 amide bonds. The molecule has 2 rings (SSSR count). The molecule has 0 radical (unpaired) electrons. The van der Waals surface area contributed by atoms with Gasteiger partial charge in [-0.1, -0.05) is 30.3 Å². The number of likely N-dealkylation sites (N-methyl/N-ethyl adjacent to an activating group) is 1. The zero-order chi connectivity index (χ0) is 24.8. The van der Waals surface area contributed by atoms with Crippen molar-refractivity contribution in [1.82, 2.24) is 15.1 Å². The highest BCUT2D eigenvalue weighted by molar-refractivity contribution is 6.03. The molecule has 1 aliphatic heterocycles. The van der Waals surface area contributed by atoms with Crippen LogP contribution in [0.2, 0.25) is 0 Å². The lowest BCUT2D eigenvalue weighted by Gasteiger charge is -2.28. The first kappa shape index (κ1) is 26.3. The van der Waals surface area contributed by atoms with Crippen LogP contribution < -0.4 is 5.32 Å². The molecule has 1 aromatic rings. The van der Waals surface area contributed by atoms with Crippen LogP contribution in [0, 0.1) is 0 Å². The SMILES string of the molecule is CCOC(=O)[C@H](CCc1ccccc1)N[C@H](C)C(=O)N1C(=O)N(C)C[C@H]1C(=O)OC(C)(C)C. The monoisotopic (exact) mass is 461 g/mol. The van der Waals surface area contributed by atoms with Gasteiger partial charge in [-0.2, -0.15) is 0 Å². The third kappa shape index (κ3) is 7.28. The number of amides is 3. The van der Waals surface area contributed by atoms with Crippen LogP contribution in [0.3, 0.4) is 0 Å². The molecule has 0 unspecified atom stereocenters.